The van der Waals surface area contributed by atoms with E-state index in [9.17, 15) is 9.59 Å². The van der Waals surface area contributed by atoms with Crippen molar-refractivity contribution in [3.63, 3.8) is 0 Å². The molecule has 2 rings (SSSR count). The Morgan fingerprint density at radius 2 is 2.29 bits per heavy atom. The lowest BCUT2D eigenvalue weighted by Gasteiger charge is -2.36. The Morgan fingerprint density at radius 3 is 2.82 bits per heavy atom. The van der Waals surface area contributed by atoms with E-state index < -0.39 is 18.1 Å². The third kappa shape index (κ3) is 2.03. The number of hydrogen-bond donors (Lipinski definition) is 2. The second-order valence-corrected chi connectivity index (χ2v) is 4.90. The molecule has 1 saturated heterocycles. The van der Waals surface area contributed by atoms with Crippen LogP contribution in [0.5, 0.6) is 0 Å². The first-order valence-corrected chi connectivity index (χ1v) is 6.21. The summed E-state index contributed by atoms with van der Waals surface area (Å²) in [5.74, 6) is -0.963. The van der Waals surface area contributed by atoms with Crippen LogP contribution in [0.3, 0.4) is 0 Å². The first-order valence-electron chi connectivity index (χ1n) is 5.33. The minimum absolute atomic E-state index is 0.377. The molecule has 1 aromatic rings. The number of nitrogens with zero attached hydrogens (tertiary/aromatic N) is 2. The molecule has 2 atom stereocenters. The molecule has 1 aliphatic heterocycles. The molecule has 17 heavy (non-hydrogen) atoms. The number of amides is 3. The van der Waals surface area contributed by atoms with Crippen molar-refractivity contribution in [3.8, 4) is 0 Å². The molecule has 7 heteroatoms. The Bertz CT molecular complexity index is 459. The van der Waals surface area contributed by atoms with Crippen molar-refractivity contribution in [2.24, 2.45) is 5.73 Å². The van der Waals surface area contributed by atoms with Gasteiger partial charge in [0.25, 0.3) is 0 Å². The van der Waals surface area contributed by atoms with E-state index in [1.807, 2.05) is 19.2 Å². The maximum absolute atomic E-state index is 11.8. The first-order chi connectivity index (χ1) is 8.04. The van der Waals surface area contributed by atoms with Gasteiger partial charge in [-0.05, 0) is 13.8 Å². The average Bonchev–Trinajstić information content (AvgIpc) is 2.64. The summed E-state index contributed by atoms with van der Waals surface area (Å²) in [6, 6.07) is -0.437. The molecule has 1 aliphatic rings. The minimum Gasteiger partial charge on any atom is -0.310 e. The van der Waals surface area contributed by atoms with E-state index in [1.165, 1.54) is 16.2 Å². The van der Waals surface area contributed by atoms with Gasteiger partial charge in [-0.2, -0.15) is 0 Å². The summed E-state index contributed by atoms with van der Waals surface area (Å²) in [5, 5.41) is 4.98. The number of carbonyl (C=O) groups is 2. The van der Waals surface area contributed by atoms with Crippen molar-refractivity contribution in [1.29, 1.82) is 0 Å². The van der Waals surface area contributed by atoms with Crippen LogP contribution in [0.4, 0.5) is 4.79 Å². The SMILES string of the molecule is CCN1C(=O)NC(=O)C(c2csc(C)n2)C1N. The van der Waals surface area contributed by atoms with Gasteiger partial charge < -0.3 is 10.6 Å². The van der Waals surface area contributed by atoms with Gasteiger partial charge in [-0.15, -0.1) is 11.3 Å². The second-order valence-electron chi connectivity index (χ2n) is 3.84. The van der Waals surface area contributed by atoms with Crippen LogP contribution in [0.25, 0.3) is 0 Å². The van der Waals surface area contributed by atoms with E-state index in [-0.39, 0.29) is 5.91 Å². The summed E-state index contributed by atoms with van der Waals surface area (Å²) < 4.78 is 0. The number of hydrogen-bond acceptors (Lipinski definition) is 5. The van der Waals surface area contributed by atoms with Gasteiger partial charge in [-0.3, -0.25) is 10.1 Å². The van der Waals surface area contributed by atoms with Gasteiger partial charge in [-0.25, -0.2) is 9.78 Å². The quantitative estimate of drug-likeness (QED) is 0.799. The van der Waals surface area contributed by atoms with Crippen molar-refractivity contribution >= 4 is 23.3 Å². The van der Waals surface area contributed by atoms with Gasteiger partial charge in [-0.1, -0.05) is 0 Å². The van der Waals surface area contributed by atoms with Gasteiger partial charge in [0, 0.05) is 11.9 Å². The summed E-state index contributed by atoms with van der Waals surface area (Å²) in [5.41, 5.74) is 6.59. The lowest BCUT2D eigenvalue weighted by molar-refractivity contribution is -0.124. The van der Waals surface area contributed by atoms with Crippen LogP contribution in [0.1, 0.15) is 23.5 Å². The number of carbonyl (C=O) groups excluding carboxylic acids is 2. The standard InChI is InChI=1S/C10H14N4O2S/c1-3-14-8(11)7(9(15)13-10(14)16)6-4-17-5(2)12-6/h4,7-8H,3,11H2,1-2H3,(H,13,15,16). The van der Waals surface area contributed by atoms with Crippen LogP contribution in [0, 0.1) is 6.92 Å². The van der Waals surface area contributed by atoms with Crippen molar-refractivity contribution in [3.05, 3.63) is 16.1 Å². The summed E-state index contributed by atoms with van der Waals surface area (Å²) >= 11 is 1.46. The smallest absolute Gasteiger partial charge is 0.310 e. The molecule has 92 valence electrons. The summed E-state index contributed by atoms with van der Waals surface area (Å²) in [7, 11) is 0. The minimum atomic E-state index is -0.650. The van der Waals surface area contributed by atoms with Crippen molar-refractivity contribution in [2.45, 2.75) is 25.9 Å². The molecule has 0 bridgehead atoms. The number of aromatic nitrogens is 1. The molecule has 1 aromatic heterocycles. The van der Waals surface area contributed by atoms with E-state index in [2.05, 4.69) is 10.3 Å². The zero-order valence-electron chi connectivity index (χ0n) is 9.64. The number of aryl methyl sites for hydroxylation is 1. The molecule has 2 unspecified atom stereocenters. The number of urea groups is 1. The maximum Gasteiger partial charge on any atom is 0.325 e. The highest BCUT2D eigenvalue weighted by Crippen LogP contribution is 2.25. The van der Waals surface area contributed by atoms with E-state index in [0.717, 1.165) is 5.01 Å². The van der Waals surface area contributed by atoms with Crippen LogP contribution in [-0.4, -0.2) is 34.5 Å². The monoisotopic (exact) mass is 254 g/mol. The fraction of sp³-hybridized carbons (Fsp3) is 0.500. The fourth-order valence-electron chi connectivity index (χ4n) is 1.91. The fourth-order valence-corrected chi connectivity index (χ4v) is 2.56. The van der Waals surface area contributed by atoms with E-state index in [4.69, 9.17) is 5.73 Å². The largest absolute Gasteiger partial charge is 0.325 e. The van der Waals surface area contributed by atoms with Crippen molar-refractivity contribution in [2.75, 3.05) is 6.54 Å². The molecule has 3 amide bonds. The molecule has 0 radical (unpaired) electrons. The Balaban J connectivity index is 2.32. The molecule has 1 fully saturated rings. The molecular formula is C10H14N4O2S. The Hall–Kier alpha value is -1.47. The molecule has 0 aliphatic carbocycles. The summed E-state index contributed by atoms with van der Waals surface area (Å²) in [6.45, 7) is 4.14. The molecule has 2 heterocycles. The zero-order chi connectivity index (χ0) is 12.6. The highest BCUT2D eigenvalue weighted by atomic mass is 32.1. The van der Waals surface area contributed by atoms with Crippen LogP contribution in [0.2, 0.25) is 0 Å². The van der Waals surface area contributed by atoms with Crippen LogP contribution in [-0.2, 0) is 4.79 Å². The lowest BCUT2D eigenvalue weighted by Crippen LogP contribution is -2.62. The number of rotatable bonds is 2. The number of imide groups is 1. The average molecular weight is 254 g/mol. The molecule has 6 nitrogen and oxygen atoms in total. The zero-order valence-corrected chi connectivity index (χ0v) is 10.5. The Kier molecular flexibility index (Phi) is 3.12. The van der Waals surface area contributed by atoms with Crippen LogP contribution < -0.4 is 11.1 Å². The van der Waals surface area contributed by atoms with Gasteiger partial charge in [0.05, 0.1) is 16.9 Å². The van der Waals surface area contributed by atoms with Gasteiger partial charge in [0.2, 0.25) is 5.91 Å². The number of nitrogens with two attached hydrogens (primary N) is 1. The number of nitrogens with one attached hydrogen (secondary N) is 1. The predicted molar refractivity (Wildman–Crippen MR) is 63.5 cm³/mol. The topological polar surface area (TPSA) is 88.3 Å². The lowest BCUT2D eigenvalue weighted by atomic mass is 9.99. The number of likely N-dealkylation sites (N-methyl/N-ethyl adjacent to an activating group) is 1. The highest BCUT2D eigenvalue weighted by Gasteiger charge is 2.40. The van der Waals surface area contributed by atoms with E-state index in [1.54, 1.807) is 0 Å². The van der Waals surface area contributed by atoms with Crippen molar-refractivity contribution in [1.82, 2.24) is 15.2 Å². The molecule has 3 N–H and O–H groups in total. The van der Waals surface area contributed by atoms with Gasteiger partial charge >= 0.3 is 6.03 Å². The third-order valence-electron chi connectivity index (χ3n) is 2.77. The molecule has 0 aromatic carbocycles. The van der Waals surface area contributed by atoms with Gasteiger partial charge in [0.15, 0.2) is 0 Å². The molecular weight excluding hydrogens is 240 g/mol. The highest BCUT2D eigenvalue weighted by molar-refractivity contribution is 7.09. The second kappa shape index (κ2) is 4.42. The van der Waals surface area contributed by atoms with Crippen LogP contribution in [0.15, 0.2) is 5.38 Å². The van der Waals surface area contributed by atoms with Gasteiger partial charge in [0.1, 0.15) is 5.92 Å². The molecule has 0 saturated carbocycles. The normalized spacial score (nSPS) is 25.0. The summed E-state index contributed by atoms with van der Waals surface area (Å²) in [4.78, 5) is 29.0. The predicted octanol–water partition coefficient (Wildman–Crippen LogP) is 0.392. The summed E-state index contributed by atoms with van der Waals surface area (Å²) in [6.07, 6.45) is -0.650. The number of thiazole rings is 1. The van der Waals surface area contributed by atoms with Crippen molar-refractivity contribution < 1.29 is 9.59 Å². The third-order valence-corrected chi connectivity index (χ3v) is 3.56. The Morgan fingerprint density at radius 1 is 1.59 bits per heavy atom. The van der Waals surface area contributed by atoms with E-state index in [0.29, 0.717) is 12.2 Å². The van der Waals surface area contributed by atoms with Crippen LogP contribution >= 0.6 is 11.3 Å². The molecule has 0 spiro atoms. The Labute approximate surface area is 103 Å². The van der Waals surface area contributed by atoms with E-state index >= 15 is 0 Å². The maximum atomic E-state index is 11.8. The first kappa shape index (κ1) is 12.0.